The van der Waals surface area contributed by atoms with Crippen molar-refractivity contribution in [3.63, 3.8) is 0 Å². The van der Waals surface area contributed by atoms with E-state index in [9.17, 15) is 0 Å². The number of benzene rings is 2. The number of nitrogens with zero attached hydrogens (tertiary/aromatic N) is 1. The van der Waals surface area contributed by atoms with E-state index in [4.69, 9.17) is 0 Å². The summed E-state index contributed by atoms with van der Waals surface area (Å²) in [5.41, 5.74) is 3.63. The first-order valence-electron chi connectivity index (χ1n) is 7.13. The lowest BCUT2D eigenvalue weighted by Crippen LogP contribution is -2.17. The standard InChI is InChI=1S/C20H21N/c1-3-15-21(16-4-2)17-20(18-11-7-5-8-12-18)19-13-9-6-10-14-19/h3-14,17H,1-2,15-16H2. The van der Waals surface area contributed by atoms with Crippen molar-refractivity contribution in [1.29, 1.82) is 0 Å². The van der Waals surface area contributed by atoms with Crippen LogP contribution in [0.2, 0.25) is 0 Å². The van der Waals surface area contributed by atoms with Crippen molar-refractivity contribution in [2.75, 3.05) is 13.1 Å². The Kier molecular flexibility index (Phi) is 5.60. The molecule has 0 radical (unpaired) electrons. The van der Waals surface area contributed by atoms with Crippen LogP contribution in [0.4, 0.5) is 0 Å². The Hall–Kier alpha value is -2.54. The lowest BCUT2D eigenvalue weighted by atomic mass is 9.99. The highest BCUT2D eigenvalue weighted by molar-refractivity contribution is 5.79. The van der Waals surface area contributed by atoms with Crippen LogP contribution in [-0.2, 0) is 0 Å². The Morgan fingerprint density at radius 1 is 0.762 bits per heavy atom. The van der Waals surface area contributed by atoms with E-state index in [-0.39, 0.29) is 0 Å². The molecule has 106 valence electrons. The van der Waals surface area contributed by atoms with Gasteiger partial charge < -0.3 is 4.90 Å². The van der Waals surface area contributed by atoms with Crippen LogP contribution >= 0.6 is 0 Å². The van der Waals surface area contributed by atoms with E-state index in [0.29, 0.717) is 0 Å². The molecule has 0 N–H and O–H groups in total. The number of rotatable bonds is 7. The molecule has 0 aliphatic heterocycles. The molecule has 2 rings (SSSR count). The molecule has 2 aromatic rings. The van der Waals surface area contributed by atoms with Crippen molar-refractivity contribution in [2.45, 2.75) is 0 Å². The van der Waals surface area contributed by atoms with Crippen molar-refractivity contribution in [3.8, 4) is 0 Å². The molecule has 0 aliphatic rings. The molecule has 0 spiro atoms. The highest BCUT2D eigenvalue weighted by atomic mass is 15.1. The number of hydrogen-bond donors (Lipinski definition) is 0. The molecule has 0 bridgehead atoms. The summed E-state index contributed by atoms with van der Waals surface area (Å²) >= 11 is 0. The van der Waals surface area contributed by atoms with Gasteiger partial charge in [-0.05, 0) is 11.1 Å². The first-order valence-corrected chi connectivity index (χ1v) is 7.13. The Bertz CT molecular complexity index is 545. The fourth-order valence-electron chi connectivity index (χ4n) is 2.25. The molecule has 0 saturated carbocycles. The zero-order valence-corrected chi connectivity index (χ0v) is 12.3. The molecule has 0 heterocycles. The fourth-order valence-corrected chi connectivity index (χ4v) is 2.25. The molecule has 1 nitrogen and oxygen atoms in total. The summed E-state index contributed by atoms with van der Waals surface area (Å²) in [6, 6.07) is 20.9. The van der Waals surface area contributed by atoms with E-state index < -0.39 is 0 Å². The zero-order valence-electron chi connectivity index (χ0n) is 12.3. The van der Waals surface area contributed by atoms with Gasteiger partial charge in [-0.2, -0.15) is 0 Å². The first kappa shape index (κ1) is 14.9. The minimum absolute atomic E-state index is 0.801. The van der Waals surface area contributed by atoms with Crippen LogP contribution in [0, 0.1) is 0 Å². The lowest BCUT2D eigenvalue weighted by molar-refractivity contribution is 0.464. The molecule has 0 aliphatic carbocycles. The molecule has 0 fully saturated rings. The number of hydrogen-bond acceptors (Lipinski definition) is 1. The van der Waals surface area contributed by atoms with E-state index in [2.05, 4.69) is 72.8 Å². The van der Waals surface area contributed by atoms with Gasteiger partial charge >= 0.3 is 0 Å². The summed E-state index contributed by atoms with van der Waals surface area (Å²) in [5, 5.41) is 0. The minimum atomic E-state index is 0.801. The summed E-state index contributed by atoms with van der Waals surface area (Å²) in [7, 11) is 0. The predicted octanol–water partition coefficient (Wildman–Crippen LogP) is 4.75. The summed E-state index contributed by atoms with van der Waals surface area (Å²) < 4.78 is 0. The van der Waals surface area contributed by atoms with Crippen molar-refractivity contribution in [1.82, 2.24) is 4.90 Å². The maximum atomic E-state index is 3.83. The van der Waals surface area contributed by atoms with Crippen LogP contribution in [0.15, 0.2) is 92.2 Å². The highest BCUT2D eigenvalue weighted by Gasteiger charge is 2.06. The van der Waals surface area contributed by atoms with E-state index in [1.165, 1.54) is 16.7 Å². The second kappa shape index (κ2) is 7.91. The minimum Gasteiger partial charge on any atom is -0.369 e. The Labute approximate surface area is 127 Å². The van der Waals surface area contributed by atoms with Gasteiger partial charge in [0.25, 0.3) is 0 Å². The second-order valence-corrected chi connectivity index (χ2v) is 4.81. The van der Waals surface area contributed by atoms with Gasteiger partial charge in [-0.1, -0.05) is 72.8 Å². The maximum absolute atomic E-state index is 3.83. The van der Waals surface area contributed by atoms with Gasteiger partial charge in [0.15, 0.2) is 0 Å². The third-order valence-corrected chi connectivity index (χ3v) is 3.21. The van der Waals surface area contributed by atoms with Crippen LogP contribution in [-0.4, -0.2) is 18.0 Å². The van der Waals surface area contributed by atoms with E-state index in [1.54, 1.807) is 0 Å². The van der Waals surface area contributed by atoms with Crippen molar-refractivity contribution >= 4 is 5.57 Å². The summed E-state index contributed by atoms with van der Waals surface area (Å²) in [5.74, 6) is 0. The quantitative estimate of drug-likeness (QED) is 0.659. The van der Waals surface area contributed by atoms with Gasteiger partial charge in [0.1, 0.15) is 0 Å². The Morgan fingerprint density at radius 2 is 1.19 bits per heavy atom. The maximum Gasteiger partial charge on any atom is 0.0355 e. The predicted molar refractivity (Wildman–Crippen MR) is 91.9 cm³/mol. The zero-order chi connectivity index (χ0) is 14.9. The monoisotopic (exact) mass is 275 g/mol. The van der Waals surface area contributed by atoms with Gasteiger partial charge in [-0.15, -0.1) is 13.2 Å². The largest absolute Gasteiger partial charge is 0.369 e. The average Bonchev–Trinajstić information content (AvgIpc) is 2.54. The first-order chi connectivity index (χ1) is 10.3. The topological polar surface area (TPSA) is 3.24 Å². The van der Waals surface area contributed by atoms with Crippen LogP contribution < -0.4 is 0 Å². The van der Waals surface area contributed by atoms with E-state index in [0.717, 1.165) is 13.1 Å². The smallest absolute Gasteiger partial charge is 0.0355 e. The summed E-state index contributed by atoms with van der Waals surface area (Å²) in [6.07, 6.45) is 6.01. The summed E-state index contributed by atoms with van der Waals surface area (Å²) in [4.78, 5) is 2.20. The molecular formula is C20H21N. The third kappa shape index (κ3) is 4.22. The van der Waals surface area contributed by atoms with Crippen molar-refractivity contribution < 1.29 is 0 Å². The van der Waals surface area contributed by atoms with Crippen LogP contribution in [0.1, 0.15) is 11.1 Å². The normalized spacial score (nSPS) is 9.71. The van der Waals surface area contributed by atoms with Crippen LogP contribution in [0.25, 0.3) is 5.57 Å². The van der Waals surface area contributed by atoms with Gasteiger partial charge in [0.05, 0.1) is 0 Å². The Morgan fingerprint density at radius 3 is 1.57 bits per heavy atom. The van der Waals surface area contributed by atoms with E-state index in [1.807, 2.05) is 24.3 Å². The summed E-state index contributed by atoms with van der Waals surface area (Å²) in [6.45, 7) is 9.26. The van der Waals surface area contributed by atoms with Crippen LogP contribution in [0.5, 0.6) is 0 Å². The van der Waals surface area contributed by atoms with Crippen LogP contribution in [0.3, 0.4) is 0 Å². The molecule has 1 heteroatoms. The molecule has 21 heavy (non-hydrogen) atoms. The van der Waals surface area contributed by atoms with Gasteiger partial charge in [0.2, 0.25) is 0 Å². The van der Waals surface area contributed by atoms with Crippen molar-refractivity contribution in [3.05, 3.63) is 103 Å². The van der Waals surface area contributed by atoms with Gasteiger partial charge in [-0.3, -0.25) is 0 Å². The fraction of sp³-hybridized carbons (Fsp3) is 0.100. The molecule has 0 atom stereocenters. The van der Waals surface area contributed by atoms with Gasteiger partial charge in [0, 0.05) is 24.9 Å². The van der Waals surface area contributed by atoms with Gasteiger partial charge in [-0.25, -0.2) is 0 Å². The van der Waals surface area contributed by atoms with E-state index >= 15 is 0 Å². The third-order valence-electron chi connectivity index (χ3n) is 3.21. The second-order valence-electron chi connectivity index (χ2n) is 4.81. The molecule has 0 amide bonds. The molecule has 0 unspecified atom stereocenters. The molecule has 2 aromatic carbocycles. The lowest BCUT2D eigenvalue weighted by Gasteiger charge is -2.19. The average molecular weight is 275 g/mol. The molecule has 0 saturated heterocycles. The molecular weight excluding hydrogens is 254 g/mol. The molecule has 0 aromatic heterocycles. The SMILES string of the molecule is C=CCN(C=C(c1ccccc1)c1ccccc1)CC=C. The van der Waals surface area contributed by atoms with Crippen molar-refractivity contribution in [2.24, 2.45) is 0 Å². The highest BCUT2D eigenvalue weighted by Crippen LogP contribution is 2.23. The Balaban J connectivity index is 2.45.